The topological polar surface area (TPSA) is 90.7 Å². The zero-order valence-corrected chi connectivity index (χ0v) is 14.4. The van der Waals surface area contributed by atoms with Crippen molar-refractivity contribution in [3.8, 4) is 11.5 Å². The van der Waals surface area contributed by atoms with E-state index >= 15 is 0 Å². The molecule has 1 aliphatic rings. The Morgan fingerprint density at radius 3 is 2.54 bits per heavy atom. The zero-order chi connectivity index (χ0) is 17.3. The molecule has 0 fully saturated rings. The molecule has 0 bridgehead atoms. The van der Waals surface area contributed by atoms with Gasteiger partial charge in [0, 0.05) is 23.8 Å². The molecule has 7 nitrogen and oxygen atoms in total. The summed E-state index contributed by atoms with van der Waals surface area (Å²) in [6, 6.07) is 7.21. The number of fused-ring (bicyclic) bond motifs is 1. The van der Waals surface area contributed by atoms with E-state index in [-0.39, 0.29) is 16.3 Å². The first-order valence-corrected chi connectivity index (χ1v) is 7.97. The SMILES string of the molecule is O=C(Nc1cc2c(cc1Cl)OCCO2)c1ccc(Br)c([N+](=O)[O-])c1. The predicted octanol–water partition coefficient (Wildman–Crippen LogP) is 4.03. The van der Waals surface area contributed by atoms with E-state index in [2.05, 4.69) is 21.2 Å². The van der Waals surface area contributed by atoms with E-state index in [1.807, 2.05) is 0 Å². The maximum absolute atomic E-state index is 12.3. The lowest BCUT2D eigenvalue weighted by molar-refractivity contribution is -0.385. The molecule has 3 rings (SSSR count). The highest BCUT2D eigenvalue weighted by atomic mass is 79.9. The lowest BCUT2D eigenvalue weighted by Gasteiger charge is -2.20. The molecule has 24 heavy (non-hydrogen) atoms. The molecular weight excluding hydrogens is 404 g/mol. The van der Waals surface area contributed by atoms with Gasteiger partial charge in [-0.15, -0.1) is 0 Å². The number of hydrogen-bond acceptors (Lipinski definition) is 5. The number of carbonyl (C=O) groups is 1. The van der Waals surface area contributed by atoms with Crippen LogP contribution in [0.15, 0.2) is 34.8 Å². The van der Waals surface area contributed by atoms with E-state index in [4.69, 9.17) is 21.1 Å². The number of amides is 1. The van der Waals surface area contributed by atoms with Gasteiger partial charge in [-0.3, -0.25) is 14.9 Å². The van der Waals surface area contributed by atoms with Crippen molar-refractivity contribution in [3.05, 3.63) is 55.5 Å². The van der Waals surface area contributed by atoms with Gasteiger partial charge in [-0.25, -0.2) is 0 Å². The summed E-state index contributed by atoms with van der Waals surface area (Å²) >= 11 is 9.21. The second-order valence-corrected chi connectivity index (χ2v) is 6.11. The van der Waals surface area contributed by atoms with Crippen LogP contribution in [0.1, 0.15) is 10.4 Å². The van der Waals surface area contributed by atoms with Crippen LogP contribution in [-0.4, -0.2) is 24.0 Å². The summed E-state index contributed by atoms with van der Waals surface area (Å²) in [4.78, 5) is 22.7. The molecule has 2 aromatic carbocycles. The second kappa shape index (κ2) is 6.66. The molecule has 0 spiro atoms. The molecule has 0 aromatic heterocycles. The van der Waals surface area contributed by atoms with Crippen molar-refractivity contribution in [2.75, 3.05) is 18.5 Å². The maximum Gasteiger partial charge on any atom is 0.284 e. The van der Waals surface area contributed by atoms with Gasteiger partial charge < -0.3 is 14.8 Å². The quantitative estimate of drug-likeness (QED) is 0.606. The van der Waals surface area contributed by atoms with E-state index in [1.54, 1.807) is 12.1 Å². The summed E-state index contributed by atoms with van der Waals surface area (Å²) in [5, 5.41) is 13.9. The Bertz CT molecular complexity index is 843. The Kier molecular flexibility index (Phi) is 4.59. The van der Waals surface area contributed by atoms with Crippen LogP contribution in [0.5, 0.6) is 11.5 Å². The Morgan fingerprint density at radius 1 is 1.21 bits per heavy atom. The summed E-state index contributed by atoms with van der Waals surface area (Å²) in [5.74, 6) is 0.454. The van der Waals surface area contributed by atoms with Crippen LogP contribution >= 0.6 is 27.5 Å². The fourth-order valence-corrected chi connectivity index (χ4v) is 2.74. The first-order valence-electron chi connectivity index (χ1n) is 6.80. The normalized spacial score (nSPS) is 12.6. The Labute approximate surface area is 149 Å². The van der Waals surface area contributed by atoms with Gasteiger partial charge in [0.05, 0.1) is 20.1 Å². The summed E-state index contributed by atoms with van der Waals surface area (Å²) in [7, 11) is 0. The molecular formula is C15H10BrClN2O5. The molecule has 0 unspecified atom stereocenters. The highest BCUT2D eigenvalue weighted by molar-refractivity contribution is 9.10. The van der Waals surface area contributed by atoms with Gasteiger partial charge in [-0.2, -0.15) is 0 Å². The number of nitro benzene ring substituents is 1. The highest BCUT2D eigenvalue weighted by Crippen LogP contribution is 2.38. The van der Waals surface area contributed by atoms with Gasteiger partial charge in [0.15, 0.2) is 11.5 Å². The number of benzene rings is 2. The second-order valence-electron chi connectivity index (χ2n) is 4.85. The molecule has 1 heterocycles. The minimum Gasteiger partial charge on any atom is -0.486 e. The third-order valence-corrected chi connectivity index (χ3v) is 4.27. The molecule has 2 aromatic rings. The Hall–Kier alpha value is -2.32. The molecule has 1 amide bonds. The summed E-state index contributed by atoms with van der Waals surface area (Å²) in [6.07, 6.45) is 0. The minimum absolute atomic E-state index is 0.135. The number of rotatable bonds is 3. The van der Waals surface area contributed by atoms with Crippen molar-refractivity contribution in [1.29, 1.82) is 0 Å². The van der Waals surface area contributed by atoms with Crippen molar-refractivity contribution >= 4 is 44.8 Å². The average molecular weight is 414 g/mol. The third kappa shape index (κ3) is 3.29. The van der Waals surface area contributed by atoms with Crippen LogP contribution in [0.2, 0.25) is 5.02 Å². The smallest absolute Gasteiger partial charge is 0.284 e. The van der Waals surface area contributed by atoms with Crippen LogP contribution < -0.4 is 14.8 Å². The number of nitrogens with zero attached hydrogens (tertiary/aromatic N) is 1. The van der Waals surface area contributed by atoms with Gasteiger partial charge in [0.1, 0.15) is 13.2 Å². The standard InChI is InChI=1S/C15H10BrClN2O5/c16-9-2-1-8(5-12(9)19(21)22)15(20)18-11-7-14-13(6-10(11)17)23-3-4-24-14/h1-2,5-7H,3-4H2,(H,18,20). The number of anilines is 1. The number of carbonyl (C=O) groups excluding carboxylic acids is 1. The molecule has 0 saturated heterocycles. The maximum atomic E-state index is 12.3. The van der Waals surface area contributed by atoms with Gasteiger partial charge >= 0.3 is 0 Å². The van der Waals surface area contributed by atoms with Gasteiger partial charge in [-0.05, 0) is 28.1 Å². The summed E-state index contributed by atoms with van der Waals surface area (Å²) in [5.41, 5.74) is 0.267. The molecule has 1 aliphatic heterocycles. The number of nitrogens with one attached hydrogen (secondary N) is 1. The fourth-order valence-electron chi connectivity index (χ4n) is 2.15. The minimum atomic E-state index is -0.572. The molecule has 124 valence electrons. The lowest BCUT2D eigenvalue weighted by atomic mass is 10.2. The number of hydrogen-bond donors (Lipinski definition) is 1. The molecule has 9 heteroatoms. The van der Waals surface area contributed by atoms with Crippen molar-refractivity contribution in [2.45, 2.75) is 0 Å². The zero-order valence-electron chi connectivity index (χ0n) is 12.0. The van der Waals surface area contributed by atoms with Crippen molar-refractivity contribution in [3.63, 3.8) is 0 Å². The first-order chi connectivity index (χ1) is 11.5. The average Bonchev–Trinajstić information content (AvgIpc) is 2.55. The molecule has 0 atom stereocenters. The summed E-state index contributed by atoms with van der Waals surface area (Å²) in [6.45, 7) is 0.832. The van der Waals surface area contributed by atoms with E-state index in [0.717, 1.165) is 0 Å². The molecule has 0 aliphatic carbocycles. The number of ether oxygens (including phenoxy) is 2. The van der Waals surface area contributed by atoms with E-state index in [9.17, 15) is 14.9 Å². The van der Waals surface area contributed by atoms with Gasteiger partial charge in [0.2, 0.25) is 0 Å². The Morgan fingerprint density at radius 2 is 1.88 bits per heavy atom. The summed E-state index contributed by atoms with van der Waals surface area (Å²) < 4.78 is 11.1. The van der Waals surface area contributed by atoms with Crippen LogP contribution in [-0.2, 0) is 0 Å². The first kappa shape index (κ1) is 16.5. The van der Waals surface area contributed by atoms with Crippen LogP contribution in [0.25, 0.3) is 0 Å². The van der Waals surface area contributed by atoms with E-state index in [1.165, 1.54) is 18.2 Å². The van der Waals surface area contributed by atoms with E-state index < -0.39 is 10.8 Å². The largest absolute Gasteiger partial charge is 0.486 e. The van der Waals surface area contributed by atoms with E-state index in [0.29, 0.717) is 34.9 Å². The molecule has 0 radical (unpaired) electrons. The molecule has 1 N–H and O–H groups in total. The predicted molar refractivity (Wildman–Crippen MR) is 91.2 cm³/mol. The van der Waals surface area contributed by atoms with Crippen molar-refractivity contribution < 1.29 is 19.2 Å². The highest BCUT2D eigenvalue weighted by Gasteiger charge is 2.19. The van der Waals surface area contributed by atoms with Crippen LogP contribution in [0.3, 0.4) is 0 Å². The van der Waals surface area contributed by atoms with Crippen LogP contribution in [0.4, 0.5) is 11.4 Å². The lowest BCUT2D eigenvalue weighted by Crippen LogP contribution is -2.17. The number of halogens is 2. The monoisotopic (exact) mass is 412 g/mol. The van der Waals surface area contributed by atoms with Crippen molar-refractivity contribution in [1.82, 2.24) is 0 Å². The third-order valence-electron chi connectivity index (χ3n) is 3.29. The van der Waals surface area contributed by atoms with Gasteiger partial charge in [-0.1, -0.05) is 11.6 Å². The fraction of sp³-hybridized carbons (Fsp3) is 0.133. The Balaban J connectivity index is 1.87. The van der Waals surface area contributed by atoms with Gasteiger partial charge in [0.25, 0.3) is 11.6 Å². The van der Waals surface area contributed by atoms with Crippen LogP contribution in [0, 0.1) is 10.1 Å². The van der Waals surface area contributed by atoms with Crippen molar-refractivity contribution in [2.24, 2.45) is 0 Å². The number of nitro groups is 1. The molecule has 0 saturated carbocycles.